The minimum Gasteiger partial charge on any atom is -0.309 e. The summed E-state index contributed by atoms with van der Waals surface area (Å²) in [5.41, 5.74) is 2.04. The summed E-state index contributed by atoms with van der Waals surface area (Å²) < 4.78 is 1.86. The van der Waals surface area contributed by atoms with E-state index in [9.17, 15) is 0 Å². The second-order valence-corrected chi connectivity index (χ2v) is 4.59. The molecule has 0 bridgehead atoms. The van der Waals surface area contributed by atoms with Gasteiger partial charge in [-0.05, 0) is 26.3 Å². The lowest BCUT2D eigenvalue weighted by molar-refractivity contribution is 0.622. The number of aromatic nitrogens is 2. The van der Waals surface area contributed by atoms with Crippen LogP contribution in [0.3, 0.4) is 0 Å². The van der Waals surface area contributed by atoms with Crippen molar-refractivity contribution in [3.63, 3.8) is 0 Å². The van der Waals surface area contributed by atoms with Gasteiger partial charge in [0.25, 0.3) is 0 Å². The Hall–Kier alpha value is 0.190. The fourth-order valence-electron chi connectivity index (χ4n) is 1.70. The highest BCUT2D eigenvalue weighted by molar-refractivity contribution is 14.1. The van der Waals surface area contributed by atoms with Crippen LogP contribution in [0.4, 0.5) is 0 Å². The first-order chi connectivity index (χ1) is 6.20. The second kappa shape index (κ2) is 3.74. The van der Waals surface area contributed by atoms with Gasteiger partial charge >= 0.3 is 0 Å². The molecule has 72 valence electrons. The summed E-state index contributed by atoms with van der Waals surface area (Å²) in [7, 11) is 0. The van der Waals surface area contributed by atoms with Gasteiger partial charge in [-0.3, -0.25) is 0 Å². The van der Waals surface area contributed by atoms with Crippen LogP contribution >= 0.6 is 34.5 Å². The Morgan fingerprint density at radius 1 is 1.69 bits per heavy atom. The van der Waals surface area contributed by atoms with Crippen molar-refractivity contribution in [2.75, 3.05) is 6.54 Å². The van der Waals surface area contributed by atoms with E-state index in [0.717, 1.165) is 29.4 Å². The average Bonchev–Trinajstić information content (AvgIpc) is 2.63. The van der Waals surface area contributed by atoms with Gasteiger partial charge in [-0.1, -0.05) is 11.6 Å². The van der Waals surface area contributed by atoms with E-state index in [2.05, 4.69) is 33.3 Å². The molecule has 0 saturated carbocycles. The van der Waals surface area contributed by atoms with E-state index in [0.29, 0.717) is 6.04 Å². The molecule has 1 unspecified atom stereocenters. The van der Waals surface area contributed by atoms with E-state index in [4.69, 9.17) is 11.6 Å². The molecule has 3 nitrogen and oxygen atoms in total. The molecular formula is C8H11ClIN3. The minimum absolute atomic E-state index is 0.394. The van der Waals surface area contributed by atoms with Crippen LogP contribution in [0, 0.1) is 6.92 Å². The molecular weight excluding hydrogens is 300 g/mol. The molecule has 0 spiro atoms. The number of nitrogens with one attached hydrogen (secondary N) is 1. The number of rotatable bonds is 1. The van der Waals surface area contributed by atoms with Gasteiger partial charge in [0.05, 0.1) is 45.3 Å². The molecule has 1 atom stereocenters. The van der Waals surface area contributed by atoms with Crippen molar-refractivity contribution in [2.45, 2.75) is 25.8 Å². The highest BCUT2D eigenvalue weighted by Gasteiger charge is 2.24. The van der Waals surface area contributed by atoms with Crippen LogP contribution in [0.5, 0.6) is 0 Å². The zero-order valence-electron chi connectivity index (χ0n) is 7.35. The number of halogens is 2. The van der Waals surface area contributed by atoms with Crippen molar-refractivity contribution in [3.8, 4) is 0 Å². The average molecular weight is 312 g/mol. The molecule has 13 heavy (non-hydrogen) atoms. The maximum atomic E-state index is 6.17. The first-order valence-electron chi connectivity index (χ1n) is 4.34. The van der Waals surface area contributed by atoms with E-state index in [-0.39, 0.29) is 0 Å². The summed E-state index contributed by atoms with van der Waals surface area (Å²) in [6.45, 7) is 3.03. The second-order valence-electron chi connectivity index (χ2n) is 3.29. The monoisotopic (exact) mass is 311 g/mol. The molecule has 1 fully saturated rings. The predicted molar refractivity (Wildman–Crippen MR) is 61.4 cm³/mol. The lowest BCUT2D eigenvalue weighted by atomic mass is 10.1. The van der Waals surface area contributed by atoms with Crippen LogP contribution in [-0.4, -0.2) is 14.5 Å². The fourth-order valence-corrected chi connectivity index (χ4v) is 2.99. The molecule has 0 aromatic carbocycles. The van der Waals surface area contributed by atoms with Crippen LogP contribution in [0.25, 0.3) is 0 Å². The van der Waals surface area contributed by atoms with E-state index < -0.39 is 0 Å². The summed E-state index contributed by atoms with van der Waals surface area (Å²) in [6, 6.07) is 0.394. The molecule has 1 N–H and O–H groups in total. The smallest absolute Gasteiger partial charge is 0.0872 e. The van der Waals surface area contributed by atoms with E-state index in [1.165, 1.54) is 6.42 Å². The predicted octanol–water partition coefficient (Wildman–Crippen LogP) is 2.47. The maximum Gasteiger partial charge on any atom is 0.0872 e. The SMILES string of the molecule is Cc1nn(I)c(C2CCCN2)c1Cl. The van der Waals surface area contributed by atoms with Crippen LogP contribution in [0.2, 0.25) is 5.02 Å². The maximum absolute atomic E-state index is 6.17. The fraction of sp³-hybridized carbons (Fsp3) is 0.625. The molecule has 5 heteroatoms. The number of hydrogen-bond acceptors (Lipinski definition) is 2. The Bertz CT molecular complexity index is 317. The van der Waals surface area contributed by atoms with Crippen LogP contribution < -0.4 is 5.32 Å². The molecule has 0 aliphatic carbocycles. The molecule has 1 aromatic heterocycles. The zero-order chi connectivity index (χ0) is 9.42. The molecule has 2 rings (SSSR count). The summed E-state index contributed by atoms with van der Waals surface area (Å²) in [5.74, 6) is 0. The van der Waals surface area contributed by atoms with Crippen LogP contribution in [-0.2, 0) is 0 Å². The van der Waals surface area contributed by atoms with Crippen molar-refractivity contribution in [1.29, 1.82) is 0 Å². The molecule has 1 aliphatic rings. The Balaban J connectivity index is 2.37. The van der Waals surface area contributed by atoms with Gasteiger partial charge in [0, 0.05) is 0 Å². The van der Waals surface area contributed by atoms with Crippen molar-refractivity contribution in [1.82, 2.24) is 13.3 Å². The normalized spacial score (nSPS) is 22.5. The number of aryl methyl sites for hydroxylation is 1. The Morgan fingerprint density at radius 2 is 2.46 bits per heavy atom. The Kier molecular flexibility index (Phi) is 2.80. The topological polar surface area (TPSA) is 29.9 Å². The summed E-state index contributed by atoms with van der Waals surface area (Å²) >= 11 is 8.34. The van der Waals surface area contributed by atoms with Crippen molar-refractivity contribution < 1.29 is 0 Å². The van der Waals surface area contributed by atoms with E-state index in [1.807, 2.05) is 9.82 Å². The molecule has 1 aliphatic heterocycles. The third kappa shape index (κ3) is 1.71. The lowest BCUT2D eigenvalue weighted by Crippen LogP contribution is -2.15. The van der Waals surface area contributed by atoms with Gasteiger partial charge in [0.15, 0.2) is 0 Å². The molecule has 0 radical (unpaired) electrons. The van der Waals surface area contributed by atoms with Crippen molar-refractivity contribution >= 4 is 34.5 Å². The first-order valence-corrected chi connectivity index (χ1v) is 5.69. The molecule has 1 aromatic rings. The Labute approximate surface area is 96.3 Å². The Morgan fingerprint density at radius 3 is 2.92 bits per heavy atom. The summed E-state index contributed by atoms with van der Waals surface area (Å²) in [6.07, 6.45) is 2.38. The van der Waals surface area contributed by atoms with Crippen molar-refractivity contribution in [3.05, 3.63) is 16.4 Å². The molecule has 0 amide bonds. The highest BCUT2D eigenvalue weighted by atomic mass is 127. The largest absolute Gasteiger partial charge is 0.309 e. The highest BCUT2D eigenvalue weighted by Crippen LogP contribution is 2.32. The van der Waals surface area contributed by atoms with Crippen molar-refractivity contribution in [2.24, 2.45) is 0 Å². The summed E-state index contributed by atoms with van der Waals surface area (Å²) in [4.78, 5) is 0. The standard InChI is InChI=1S/C8H11ClIN3/c1-5-7(9)8(13(10)12-5)6-3-2-4-11-6/h6,11H,2-4H2,1H3. The van der Waals surface area contributed by atoms with Gasteiger partial charge in [-0.15, -0.1) is 0 Å². The first kappa shape index (κ1) is 9.73. The quantitative estimate of drug-likeness (QED) is 0.808. The van der Waals surface area contributed by atoms with Gasteiger partial charge in [-0.2, -0.15) is 5.10 Å². The third-order valence-electron chi connectivity index (χ3n) is 2.37. The van der Waals surface area contributed by atoms with Crippen LogP contribution in [0.15, 0.2) is 0 Å². The van der Waals surface area contributed by atoms with E-state index in [1.54, 1.807) is 0 Å². The van der Waals surface area contributed by atoms with Gasteiger partial charge in [0.1, 0.15) is 0 Å². The lowest BCUT2D eigenvalue weighted by Gasteiger charge is -2.09. The van der Waals surface area contributed by atoms with Gasteiger partial charge in [0.2, 0.25) is 0 Å². The minimum atomic E-state index is 0.394. The zero-order valence-corrected chi connectivity index (χ0v) is 10.3. The summed E-state index contributed by atoms with van der Waals surface area (Å²) in [5, 5.41) is 8.52. The van der Waals surface area contributed by atoms with Crippen LogP contribution in [0.1, 0.15) is 30.3 Å². The molecule has 2 heterocycles. The third-order valence-corrected chi connectivity index (χ3v) is 3.57. The van der Waals surface area contributed by atoms with Gasteiger partial charge in [-0.25, -0.2) is 2.90 Å². The van der Waals surface area contributed by atoms with E-state index >= 15 is 0 Å². The number of nitrogens with zero attached hydrogens (tertiary/aromatic N) is 2. The molecule has 1 saturated heterocycles. The van der Waals surface area contributed by atoms with Gasteiger partial charge < -0.3 is 5.32 Å². The number of hydrogen-bond donors (Lipinski definition) is 1.